The molecule has 0 aromatic carbocycles. The summed E-state index contributed by atoms with van der Waals surface area (Å²) < 4.78 is 0. The number of hydrogen-bond acceptors (Lipinski definition) is 4. The number of likely N-dealkylation sites (tertiary alicyclic amines) is 1. The quantitative estimate of drug-likeness (QED) is 0.575. The van der Waals surface area contributed by atoms with E-state index in [0.717, 1.165) is 32.2 Å². The fourth-order valence-electron chi connectivity index (χ4n) is 3.66. The van der Waals surface area contributed by atoms with Crippen LogP contribution < -0.4 is 11.1 Å². The van der Waals surface area contributed by atoms with Gasteiger partial charge in [0, 0.05) is 32.1 Å². The monoisotopic (exact) mass is 325 g/mol. The third-order valence-corrected chi connectivity index (χ3v) is 5.08. The lowest BCUT2D eigenvalue weighted by molar-refractivity contribution is -0.130. The van der Waals surface area contributed by atoms with Crippen molar-refractivity contribution in [2.75, 3.05) is 19.6 Å². The van der Waals surface area contributed by atoms with Crippen molar-refractivity contribution in [2.24, 2.45) is 11.7 Å². The minimum absolute atomic E-state index is 0.200. The molecule has 4 N–H and O–H groups in total. The Hall–Kier alpha value is -1.14. The van der Waals surface area contributed by atoms with Crippen molar-refractivity contribution in [1.29, 1.82) is 0 Å². The molecule has 2 atom stereocenters. The maximum Gasteiger partial charge on any atom is 0.250 e. The molecular weight excluding hydrogens is 294 g/mol. The zero-order valence-electron chi connectivity index (χ0n) is 14.0. The van der Waals surface area contributed by atoms with Crippen LogP contribution in [-0.4, -0.2) is 53.6 Å². The van der Waals surface area contributed by atoms with E-state index in [1.165, 1.54) is 19.3 Å². The Morgan fingerprint density at radius 3 is 2.70 bits per heavy atom. The maximum atomic E-state index is 12.0. The summed E-state index contributed by atoms with van der Waals surface area (Å²) in [6.07, 6.45) is 7.93. The number of aliphatic hydroxyl groups excluding tert-OH is 1. The summed E-state index contributed by atoms with van der Waals surface area (Å²) in [4.78, 5) is 25.3. The van der Waals surface area contributed by atoms with Crippen LogP contribution >= 0.6 is 0 Å². The third kappa shape index (κ3) is 5.77. The number of rotatable bonds is 8. The highest BCUT2D eigenvalue weighted by atomic mass is 16.3. The predicted molar refractivity (Wildman–Crippen MR) is 88.6 cm³/mol. The molecule has 1 unspecified atom stereocenters. The molecule has 132 valence electrons. The van der Waals surface area contributed by atoms with Crippen molar-refractivity contribution < 1.29 is 14.7 Å². The molecule has 6 heteroatoms. The van der Waals surface area contributed by atoms with E-state index < -0.39 is 12.1 Å². The predicted octanol–water partition coefficient (Wildman–Crippen LogP) is 0.774. The number of nitrogens with two attached hydrogens (primary N) is 1. The largest absolute Gasteiger partial charge is 0.382 e. The Kier molecular flexibility index (Phi) is 7.30. The maximum absolute atomic E-state index is 12.0. The van der Waals surface area contributed by atoms with Gasteiger partial charge in [-0.2, -0.15) is 0 Å². The summed E-state index contributed by atoms with van der Waals surface area (Å²) in [7, 11) is 0. The van der Waals surface area contributed by atoms with Gasteiger partial charge in [0.25, 0.3) is 0 Å². The number of carbonyl (C=O) groups is 2. The van der Waals surface area contributed by atoms with Gasteiger partial charge in [0.15, 0.2) is 0 Å². The molecule has 1 aliphatic carbocycles. The molecule has 2 fully saturated rings. The number of nitrogens with one attached hydrogen (secondary N) is 1. The van der Waals surface area contributed by atoms with Gasteiger partial charge in [0.2, 0.25) is 11.8 Å². The highest BCUT2D eigenvalue weighted by Gasteiger charge is 2.26. The van der Waals surface area contributed by atoms with Gasteiger partial charge in [-0.1, -0.05) is 32.1 Å². The normalized spacial score (nSPS) is 22.2. The van der Waals surface area contributed by atoms with Crippen LogP contribution in [0.2, 0.25) is 0 Å². The first-order valence-electron chi connectivity index (χ1n) is 9.07. The average Bonchev–Trinajstić information content (AvgIpc) is 2.96. The van der Waals surface area contributed by atoms with E-state index in [2.05, 4.69) is 5.32 Å². The van der Waals surface area contributed by atoms with Gasteiger partial charge in [-0.3, -0.25) is 9.59 Å². The molecule has 6 nitrogen and oxygen atoms in total. The average molecular weight is 325 g/mol. The van der Waals surface area contributed by atoms with Crippen LogP contribution in [0.1, 0.15) is 57.8 Å². The van der Waals surface area contributed by atoms with E-state index in [4.69, 9.17) is 5.73 Å². The second kappa shape index (κ2) is 9.23. The van der Waals surface area contributed by atoms with Gasteiger partial charge < -0.3 is 21.1 Å². The molecule has 1 heterocycles. The summed E-state index contributed by atoms with van der Waals surface area (Å²) in [6, 6.07) is -0.488. The Labute approximate surface area is 138 Å². The van der Waals surface area contributed by atoms with Crippen molar-refractivity contribution in [3.63, 3.8) is 0 Å². The van der Waals surface area contributed by atoms with Crippen LogP contribution in [0.3, 0.4) is 0 Å². The summed E-state index contributed by atoms with van der Waals surface area (Å²) >= 11 is 0. The minimum atomic E-state index is -1.13. The molecule has 23 heavy (non-hydrogen) atoms. The molecule has 2 amide bonds. The van der Waals surface area contributed by atoms with E-state index >= 15 is 0 Å². The Balaban J connectivity index is 1.60. The van der Waals surface area contributed by atoms with Crippen molar-refractivity contribution in [3.8, 4) is 0 Å². The summed E-state index contributed by atoms with van der Waals surface area (Å²) in [5, 5.41) is 12.8. The van der Waals surface area contributed by atoms with Crippen LogP contribution in [0.15, 0.2) is 0 Å². The lowest BCUT2D eigenvalue weighted by atomic mass is 9.84. The first kappa shape index (κ1) is 18.2. The first-order chi connectivity index (χ1) is 11.1. The summed E-state index contributed by atoms with van der Waals surface area (Å²) in [5.74, 6) is 0.356. The molecule has 1 saturated carbocycles. The number of amides is 2. The smallest absolute Gasteiger partial charge is 0.250 e. The molecule has 1 saturated heterocycles. The van der Waals surface area contributed by atoms with E-state index in [-0.39, 0.29) is 11.8 Å². The SMILES string of the molecule is N[C@H](CC1CCCCC1)C(O)C(=O)NCCCN1CCCC1=O. The molecule has 0 aromatic rings. The van der Waals surface area contributed by atoms with Crippen molar-refractivity contribution in [2.45, 2.75) is 69.9 Å². The van der Waals surface area contributed by atoms with Gasteiger partial charge >= 0.3 is 0 Å². The molecule has 2 rings (SSSR count). The molecule has 0 bridgehead atoms. The summed E-state index contributed by atoms with van der Waals surface area (Å²) in [5.41, 5.74) is 6.01. The van der Waals surface area contributed by atoms with Gasteiger partial charge in [-0.15, -0.1) is 0 Å². The van der Waals surface area contributed by atoms with Gasteiger partial charge in [0.05, 0.1) is 0 Å². The number of hydrogen-bond donors (Lipinski definition) is 3. The highest BCUT2D eigenvalue weighted by molar-refractivity contribution is 5.81. The van der Waals surface area contributed by atoms with Crippen molar-refractivity contribution in [3.05, 3.63) is 0 Å². The lowest BCUT2D eigenvalue weighted by Crippen LogP contribution is -2.47. The lowest BCUT2D eigenvalue weighted by Gasteiger charge is -2.26. The number of aliphatic hydroxyl groups is 1. The van der Waals surface area contributed by atoms with E-state index in [1.54, 1.807) is 0 Å². The van der Waals surface area contributed by atoms with Gasteiger partial charge in [-0.25, -0.2) is 0 Å². The molecule has 0 spiro atoms. The standard InChI is InChI=1S/C17H31N3O3/c18-14(12-13-6-2-1-3-7-13)16(22)17(23)19-9-5-11-20-10-4-8-15(20)21/h13-14,16,22H,1-12,18H2,(H,19,23)/t14-,16?/m1/s1. The third-order valence-electron chi connectivity index (χ3n) is 5.08. The Morgan fingerprint density at radius 1 is 1.30 bits per heavy atom. The molecular formula is C17H31N3O3. The second-order valence-corrected chi connectivity index (χ2v) is 6.98. The van der Waals surface area contributed by atoms with Crippen molar-refractivity contribution in [1.82, 2.24) is 10.2 Å². The fourth-order valence-corrected chi connectivity index (χ4v) is 3.66. The first-order valence-corrected chi connectivity index (χ1v) is 9.07. The molecule has 0 radical (unpaired) electrons. The minimum Gasteiger partial charge on any atom is -0.382 e. The zero-order valence-corrected chi connectivity index (χ0v) is 14.0. The van der Waals surface area contributed by atoms with Gasteiger partial charge in [0.1, 0.15) is 6.10 Å². The molecule has 2 aliphatic rings. The van der Waals surface area contributed by atoms with E-state index in [9.17, 15) is 14.7 Å². The van der Waals surface area contributed by atoms with E-state index in [0.29, 0.717) is 31.8 Å². The highest BCUT2D eigenvalue weighted by Crippen LogP contribution is 2.27. The number of carbonyl (C=O) groups excluding carboxylic acids is 2. The van der Waals surface area contributed by atoms with E-state index in [1.807, 2.05) is 4.90 Å². The number of nitrogens with zero attached hydrogens (tertiary/aromatic N) is 1. The molecule has 1 aliphatic heterocycles. The Morgan fingerprint density at radius 2 is 2.04 bits per heavy atom. The Bertz CT molecular complexity index is 397. The second-order valence-electron chi connectivity index (χ2n) is 6.98. The van der Waals surface area contributed by atoms with Crippen LogP contribution in [0.4, 0.5) is 0 Å². The topological polar surface area (TPSA) is 95.7 Å². The van der Waals surface area contributed by atoms with Crippen LogP contribution in [0.5, 0.6) is 0 Å². The van der Waals surface area contributed by atoms with Crippen LogP contribution in [-0.2, 0) is 9.59 Å². The van der Waals surface area contributed by atoms with Crippen molar-refractivity contribution >= 4 is 11.8 Å². The van der Waals surface area contributed by atoms with Gasteiger partial charge in [-0.05, 0) is 25.2 Å². The van der Waals surface area contributed by atoms with Crippen LogP contribution in [0.25, 0.3) is 0 Å². The zero-order chi connectivity index (χ0) is 16.7. The summed E-state index contributed by atoms with van der Waals surface area (Å²) in [6.45, 7) is 1.96. The molecule has 0 aromatic heterocycles. The van der Waals surface area contributed by atoms with Crippen LogP contribution in [0, 0.1) is 5.92 Å². The fraction of sp³-hybridized carbons (Fsp3) is 0.882.